The summed E-state index contributed by atoms with van der Waals surface area (Å²) in [4.78, 5) is 68.1. The van der Waals surface area contributed by atoms with E-state index in [1.54, 1.807) is 60.7 Å². The van der Waals surface area contributed by atoms with Crippen LogP contribution in [-0.4, -0.2) is 43.3 Å². The van der Waals surface area contributed by atoms with Crippen LogP contribution in [0.15, 0.2) is 193 Å². The average molecular weight is 1130 g/mol. The van der Waals surface area contributed by atoms with Crippen molar-refractivity contribution >= 4 is 138 Å². The molecule has 12 rings (SSSR count). The Balaban J connectivity index is 1.13. The summed E-state index contributed by atoms with van der Waals surface area (Å²) in [6.45, 7) is -0.942. The minimum atomic E-state index is -2.47. The fourth-order valence-electron chi connectivity index (χ4n) is 10.5. The summed E-state index contributed by atoms with van der Waals surface area (Å²) >= 11 is 26.5. The molecule has 2 aromatic heterocycles. The van der Waals surface area contributed by atoms with Crippen molar-refractivity contribution in [3.8, 4) is 0 Å². The molecule has 0 aliphatic heterocycles. The van der Waals surface area contributed by atoms with Gasteiger partial charge >= 0.3 is 23.9 Å². The number of thiophene rings is 2. The van der Waals surface area contributed by atoms with Gasteiger partial charge in [-0.25, -0.2) is 0 Å². The topological polar surface area (TPSA) is 105 Å². The molecule has 0 saturated heterocycles. The first kappa shape index (κ1) is 51.0. The standard InChI is InChI=1S/C64H40O8S6/c65-59(69-33-37-17-5-1-6-18-37)63(60(66)70-34-38-19-7-2-8-20-38)49-31-41(29-47-53(73)43-25-13-14-26-44(43)54(47)74)77-57(49)52-51(63)58-50(32-42(78-58)30-48-55(75)45-27-15-16-28-46(45)56(48)76)64(52,61(67)71-35-39-21-9-3-10-22-39)62(68)72-36-40-23-11-4-12-24-40/h1-32H,33-36H2. The van der Waals surface area contributed by atoms with Crippen molar-refractivity contribution in [3.05, 3.63) is 268 Å². The maximum absolute atomic E-state index is 16.1. The maximum atomic E-state index is 16.1. The van der Waals surface area contributed by atoms with Crippen LogP contribution in [0, 0.1) is 0 Å². The molecule has 0 atom stereocenters. The Morgan fingerprint density at radius 1 is 0.372 bits per heavy atom. The first-order chi connectivity index (χ1) is 38.0. The van der Waals surface area contributed by atoms with Gasteiger partial charge in [-0.15, -0.1) is 22.7 Å². The van der Waals surface area contributed by atoms with E-state index in [2.05, 4.69) is 0 Å². The van der Waals surface area contributed by atoms with Crippen molar-refractivity contribution in [3.63, 3.8) is 0 Å². The molecule has 6 aromatic carbocycles. The Labute approximate surface area is 478 Å². The van der Waals surface area contributed by atoms with Crippen LogP contribution in [0.2, 0.25) is 0 Å². The number of benzene rings is 6. The van der Waals surface area contributed by atoms with E-state index in [0.29, 0.717) is 62.6 Å². The number of thiocarbonyl (C=S) groups is 4. The van der Waals surface area contributed by atoms with E-state index in [4.69, 9.17) is 67.8 Å². The van der Waals surface area contributed by atoms with Crippen LogP contribution in [0.3, 0.4) is 0 Å². The van der Waals surface area contributed by atoms with Gasteiger partial charge in [0.25, 0.3) is 0 Å². The lowest BCUT2D eigenvalue weighted by atomic mass is 9.76. The normalized spacial score (nSPS) is 15.0. The lowest BCUT2D eigenvalue weighted by molar-refractivity contribution is -0.165. The lowest BCUT2D eigenvalue weighted by Gasteiger charge is -2.29. The first-order valence-electron chi connectivity index (χ1n) is 24.7. The van der Waals surface area contributed by atoms with Crippen LogP contribution in [0.1, 0.15) is 75.1 Å². The van der Waals surface area contributed by atoms with Crippen LogP contribution in [-0.2, 0) is 75.4 Å². The highest BCUT2D eigenvalue weighted by Gasteiger charge is 2.72. The molecule has 14 heteroatoms. The third-order valence-electron chi connectivity index (χ3n) is 14.2. The molecule has 0 radical (unpaired) electrons. The number of rotatable bonds is 14. The van der Waals surface area contributed by atoms with Gasteiger partial charge in [0.2, 0.25) is 10.8 Å². The summed E-state index contributed by atoms with van der Waals surface area (Å²) < 4.78 is 25.5. The molecule has 2 heterocycles. The van der Waals surface area contributed by atoms with Crippen molar-refractivity contribution in [2.45, 2.75) is 37.3 Å². The van der Waals surface area contributed by atoms with Crippen molar-refractivity contribution in [2.75, 3.05) is 0 Å². The van der Waals surface area contributed by atoms with Crippen LogP contribution >= 0.6 is 71.5 Å². The van der Waals surface area contributed by atoms with Gasteiger partial charge in [0, 0.05) is 75.2 Å². The third-order valence-corrected chi connectivity index (χ3v) is 18.2. The summed E-state index contributed by atoms with van der Waals surface area (Å²) in [5.41, 5.74) is 2.38. The number of allylic oxidation sites excluding steroid dienone is 2. The fourth-order valence-corrected chi connectivity index (χ4v) is 14.6. The monoisotopic (exact) mass is 1130 g/mol. The minimum Gasteiger partial charge on any atom is -0.459 e. The zero-order valence-electron chi connectivity index (χ0n) is 41.0. The van der Waals surface area contributed by atoms with Gasteiger partial charge in [-0.1, -0.05) is 219 Å². The summed E-state index contributed by atoms with van der Waals surface area (Å²) in [5.74, 6) is -3.98. The quantitative estimate of drug-likeness (QED) is 0.0340. The predicted molar refractivity (Wildman–Crippen MR) is 319 cm³/mol. The van der Waals surface area contributed by atoms with E-state index < -0.39 is 34.7 Å². The number of esters is 4. The molecular formula is C64H40O8S6. The molecule has 0 bridgehead atoms. The van der Waals surface area contributed by atoms with Crippen LogP contribution in [0.5, 0.6) is 0 Å². The second kappa shape index (κ2) is 20.9. The zero-order valence-corrected chi connectivity index (χ0v) is 45.9. The molecule has 0 N–H and O–H groups in total. The van der Waals surface area contributed by atoms with Gasteiger partial charge in [-0.3, -0.25) is 19.2 Å². The number of carbonyl (C=O) groups is 4. The second-order valence-electron chi connectivity index (χ2n) is 18.8. The Morgan fingerprint density at radius 2 is 0.615 bits per heavy atom. The molecule has 0 spiro atoms. The molecule has 0 unspecified atom stereocenters. The van der Waals surface area contributed by atoms with E-state index in [1.807, 2.05) is 133 Å². The summed E-state index contributed by atoms with van der Waals surface area (Å²) in [5, 5.41) is 0. The van der Waals surface area contributed by atoms with E-state index >= 15 is 19.2 Å². The van der Waals surface area contributed by atoms with Gasteiger partial charge in [0.15, 0.2) is 0 Å². The molecule has 0 amide bonds. The lowest BCUT2D eigenvalue weighted by Crippen LogP contribution is -2.45. The summed E-state index contributed by atoms with van der Waals surface area (Å²) in [7, 11) is 0. The number of carbonyl (C=O) groups excluding carboxylic acids is 4. The number of ether oxygens (including phenoxy) is 4. The molecule has 4 aliphatic rings. The highest BCUT2D eigenvalue weighted by molar-refractivity contribution is 7.84. The summed E-state index contributed by atoms with van der Waals surface area (Å²) in [6.07, 6.45) is 3.65. The second-order valence-corrected chi connectivity index (χ2v) is 22.6. The fraction of sp³-hybridized carbons (Fsp3) is 0.0938. The average Bonchev–Trinajstić information content (AvgIpc) is 3.54. The number of hydrogen-bond acceptors (Lipinski definition) is 14. The van der Waals surface area contributed by atoms with Crippen molar-refractivity contribution in [1.82, 2.24) is 0 Å². The number of fused-ring (bicyclic) bond motifs is 6. The van der Waals surface area contributed by atoms with E-state index in [0.717, 1.165) is 22.3 Å². The molecule has 8 aromatic rings. The largest absolute Gasteiger partial charge is 0.459 e. The highest BCUT2D eigenvalue weighted by Crippen LogP contribution is 2.68. The summed E-state index contributed by atoms with van der Waals surface area (Å²) in [6, 6.07) is 55.0. The Hall–Kier alpha value is -7.82. The highest BCUT2D eigenvalue weighted by atomic mass is 32.1. The van der Waals surface area contributed by atoms with Gasteiger partial charge in [0.1, 0.15) is 26.4 Å². The Morgan fingerprint density at radius 3 is 0.872 bits per heavy atom. The predicted octanol–water partition coefficient (Wildman–Crippen LogP) is 13.3. The SMILES string of the molecule is O=C(OCc1ccccc1)C1(C(=O)OCc2ccccc2)C2=C(c3sc(C=C4C(=S)c5ccccc5C4=S)cc31)C(C(=O)OCc1ccccc1)(C(=O)OCc1ccccc1)c1cc(C=C3C(=S)c4ccccc4C3=S)sc12. The molecule has 8 nitrogen and oxygen atoms in total. The van der Waals surface area contributed by atoms with E-state index in [1.165, 1.54) is 22.7 Å². The molecular weight excluding hydrogens is 1090 g/mol. The van der Waals surface area contributed by atoms with Crippen molar-refractivity contribution < 1.29 is 38.1 Å². The molecule has 78 heavy (non-hydrogen) atoms. The van der Waals surface area contributed by atoms with Gasteiger partial charge in [0.05, 0.1) is 19.5 Å². The number of hydrogen-bond donors (Lipinski definition) is 0. The van der Waals surface area contributed by atoms with Crippen LogP contribution in [0.25, 0.3) is 23.3 Å². The Bertz CT molecular complexity index is 3520. The molecule has 0 saturated carbocycles. The van der Waals surface area contributed by atoms with E-state index in [9.17, 15) is 0 Å². The van der Waals surface area contributed by atoms with Crippen LogP contribution in [0.4, 0.5) is 0 Å². The maximum Gasteiger partial charge on any atom is 0.333 e. The van der Waals surface area contributed by atoms with Gasteiger partial charge < -0.3 is 18.9 Å². The first-order valence-corrected chi connectivity index (χ1v) is 28.0. The van der Waals surface area contributed by atoms with Crippen molar-refractivity contribution in [2.24, 2.45) is 0 Å². The Kier molecular flexibility index (Phi) is 13.6. The molecule has 0 fully saturated rings. The zero-order chi connectivity index (χ0) is 53.7. The van der Waals surface area contributed by atoms with Gasteiger partial charge in [-0.2, -0.15) is 0 Å². The van der Waals surface area contributed by atoms with Gasteiger partial charge in [-0.05, 0) is 46.5 Å². The van der Waals surface area contributed by atoms with Crippen LogP contribution < -0.4 is 0 Å². The minimum absolute atomic E-state index is 0.0382. The van der Waals surface area contributed by atoms with E-state index in [-0.39, 0.29) is 58.5 Å². The third kappa shape index (κ3) is 8.51. The smallest absolute Gasteiger partial charge is 0.333 e. The van der Waals surface area contributed by atoms with Crippen molar-refractivity contribution in [1.29, 1.82) is 0 Å². The molecule has 4 aliphatic carbocycles. The molecule has 380 valence electrons.